The zero-order valence-electron chi connectivity index (χ0n) is 12.6. The Morgan fingerprint density at radius 3 is 0.571 bits per heavy atom. The quantitative estimate of drug-likeness (QED) is 0.444. The maximum Gasteiger partial charge on any atom is 4.00 e. The number of hydrogen-bond donors (Lipinski definition) is 0. The third-order valence-corrected chi connectivity index (χ3v) is 1.15. The molecule has 120 valence electrons. The van der Waals surface area contributed by atoms with Crippen molar-refractivity contribution in [1.82, 2.24) is 0 Å². The van der Waals surface area contributed by atoms with E-state index in [-0.39, 0.29) is 67.4 Å². The smallest absolute Gasteiger partial charge is 0.550 e. The van der Waals surface area contributed by atoms with Crippen LogP contribution in [0.4, 0.5) is 0 Å². The minimum absolute atomic E-state index is 0. The van der Waals surface area contributed by atoms with Gasteiger partial charge in [0.25, 0.3) is 0 Å². The van der Waals surface area contributed by atoms with Gasteiger partial charge in [-0.25, -0.2) is 0 Å². The number of carbonyl (C=O) groups is 4. The molecule has 0 saturated heterocycles. The summed E-state index contributed by atoms with van der Waals surface area (Å²) in [6, 6.07) is 0. The van der Waals surface area contributed by atoms with Gasteiger partial charge < -0.3 is 39.6 Å². The van der Waals surface area contributed by atoms with Crippen molar-refractivity contribution in [2.75, 3.05) is 0 Å². The van der Waals surface area contributed by atoms with Crippen molar-refractivity contribution in [3.8, 4) is 0 Å². The van der Waals surface area contributed by atoms with Crippen molar-refractivity contribution in [1.29, 1.82) is 0 Å². The zero-order valence-corrected chi connectivity index (χ0v) is 15.7. The minimum atomic E-state index is -0.995. The van der Waals surface area contributed by atoms with Crippen LogP contribution in [-0.2, 0) is 19.2 Å². The van der Waals surface area contributed by atoms with E-state index in [0.717, 1.165) is 0 Å². The molecule has 0 radical (unpaired) electrons. The number of rotatable bonds is 4. The molecule has 0 spiro atoms. The first-order chi connectivity index (χ1) is 9.08. The molecule has 0 aliphatic heterocycles. The molecule has 0 saturated carbocycles. The van der Waals surface area contributed by atoms with Gasteiger partial charge in [-0.2, -0.15) is 0 Å². The van der Waals surface area contributed by atoms with Crippen molar-refractivity contribution < 1.29 is 81.4 Å². The summed E-state index contributed by atoms with van der Waals surface area (Å²) in [7, 11) is 0. The average Bonchev–Trinajstić information content (AvgIpc) is 2.40. The molecule has 0 aliphatic carbocycles. The molecule has 0 N–H and O–H groups in total. The van der Waals surface area contributed by atoms with Gasteiger partial charge in [0.15, 0.2) is 0 Å². The van der Waals surface area contributed by atoms with Crippen LogP contribution in [0.2, 0.25) is 0 Å². The van der Waals surface area contributed by atoms with Crippen LogP contribution >= 0.6 is 0 Å². The monoisotopic (exact) mass is 432 g/mol. The van der Waals surface area contributed by atoms with E-state index in [0.29, 0.717) is 0 Å². The second-order valence-electron chi connectivity index (χ2n) is 2.90. The summed E-state index contributed by atoms with van der Waals surface area (Å²) in [5.41, 5.74) is 0. The summed E-state index contributed by atoms with van der Waals surface area (Å²) in [5.74, 6) is -3.98. The van der Waals surface area contributed by atoms with E-state index in [9.17, 15) is 39.6 Å². The van der Waals surface area contributed by atoms with Gasteiger partial charge in [-0.3, -0.25) is 0 Å². The van der Waals surface area contributed by atoms with E-state index >= 15 is 0 Å². The Labute approximate surface area is 157 Å². The Balaban J connectivity index is -0.0000000533. The summed E-state index contributed by atoms with van der Waals surface area (Å²) in [6.07, 6.45) is 0.444. The number of hydrogen-bond acceptors (Lipinski definition) is 8. The Bertz CT molecular complexity index is 222. The van der Waals surface area contributed by atoms with Gasteiger partial charge in [0, 0.05) is 23.9 Å². The minimum Gasteiger partial charge on any atom is -0.550 e. The molecule has 0 bridgehead atoms. The van der Waals surface area contributed by atoms with Crippen molar-refractivity contribution in [2.24, 2.45) is 0 Å². The van der Waals surface area contributed by atoms with Gasteiger partial charge in [0.1, 0.15) is 0 Å². The third-order valence-electron chi connectivity index (χ3n) is 1.15. The predicted octanol–water partition coefficient (Wildman–Crippen LogP) is -3.41. The molecule has 0 aromatic rings. The molecule has 0 aromatic heterocycles. The predicted molar refractivity (Wildman–Crippen MR) is 61.2 cm³/mol. The fourth-order valence-corrected chi connectivity index (χ4v) is 0. The van der Waals surface area contributed by atoms with Gasteiger partial charge in [0.2, 0.25) is 0 Å². The van der Waals surface area contributed by atoms with Crippen LogP contribution in [0.1, 0.15) is 53.4 Å². The van der Waals surface area contributed by atoms with Gasteiger partial charge >= 0.3 is 41.7 Å². The van der Waals surface area contributed by atoms with E-state index in [1.807, 2.05) is 0 Å². The molecule has 0 fully saturated rings. The Kier molecular flexibility index (Phi) is 42.4. The van der Waals surface area contributed by atoms with E-state index in [2.05, 4.69) is 0 Å². The molecule has 21 heavy (non-hydrogen) atoms. The molecule has 0 aliphatic rings. The molecule has 0 unspecified atom stereocenters. The van der Waals surface area contributed by atoms with Crippen LogP contribution in [-0.4, -0.2) is 23.9 Å². The summed E-state index contributed by atoms with van der Waals surface area (Å²) >= 11 is 0. The Morgan fingerprint density at radius 2 is 0.571 bits per heavy atom. The summed E-state index contributed by atoms with van der Waals surface area (Å²) in [6.45, 7) is 6.15. The van der Waals surface area contributed by atoms with Crippen LogP contribution in [0.15, 0.2) is 0 Å². The van der Waals surface area contributed by atoms with Crippen molar-refractivity contribution in [3.63, 3.8) is 0 Å². The second-order valence-corrected chi connectivity index (χ2v) is 2.90. The number of carboxylic acid groups (broad SMARTS) is 4. The Morgan fingerprint density at radius 1 is 0.524 bits per heavy atom. The molecule has 0 rings (SSSR count). The zero-order chi connectivity index (χ0) is 17.1. The van der Waals surface area contributed by atoms with Gasteiger partial charge in [-0.05, 0) is 25.7 Å². The number of carboxylic acids is 4. The average molecular weight is 432 g/mol. The van der Waals surface area contributed by atoms with E-state index in [1.165, 1.54) is 27.7 Å². The second kappa shape index (κ2) is 27.6. The number of carbonyl (C=O) groups excluding carboxylic acids is 4. The van der Waals surface area contributed by atoms with Crippen LogP contribution in [0, 0.1) is 41.7 Å². The molecular formula is C12H20CeO8. The normalized spacial score (nSPS) is 7.05. The molecule has 9 heteroatoms. The first-order valence-electron chi connectivity index (χ1n) is 5.88. The van der Waals surface area contributed by atoms with E-state index in [4.69, 9.17) is 0 Å². The largest absolute Gasteiger partial charge is 4.00 e. The van der Waals surface area contributed by atoms with Gasteiger partial charge in [-0.1, -0.05) is 27.7 Å². The topological polar surface area (TPSA) is 161 Å². The maximum atomic E-state index is 9.26. The van der Waals surface area contributed by atoms with Crippen molar-refractivity contribution in [3.05, 3.63) is 0 Å². The summed E-state index contributed by atoms with van der Waals surface area (Å²) in [4.78, 5) is 37.0. The molecule has 8 nitrogen and oxygen atoms in total. The molecule has 0 atom stereocenters. The van der Waals surface area contributed by atoms with Crippen molar-refractivity contribution in [2.45, 2.75) is 53.4 Å². The van der Waals surface area contributed by atoms with E-state index in [1.54, 1.807) is 0 Å². The maximum absolute atomic E-state index is 9.26. The fraction of sp³-hybridized carbons (Fsp3) is 0.667. The SMILES string of the molecule is CCC(=O)[O-].CCC(=O)[O-].CCC(=O)[O-].CCC(=O)[O-].[Ce+4]. The van der Waals surface area contributed by atoms with Gasteiger partial charge in [-0.15, -0.1) is 0 Å². The van der Waals surface area contributed by atoms with Crippen LogP contribution in [0.5, 0.6) is 0 Å². The molecular weight excluding hydrogens is 412 g/mol. The standard InChI is InChI=1S/4C3H6O2.Ce/c4*1-2-3(4)5;/h4*2H2,1H3,(H,4,5);/q;;;;+4/p-4. The summed E-state index contributed by atoms with van der Waals surface area (Å²) in [5, 5.41) is 37.0. The number of aliphatic carboxylic acids is 4. The first kappa shape index (κ1) is 32.3. The van der Waals surface area contributed by atoms with Crippen LogP contribution in [0.25, 0.3) is 0 Å². The third kappa shape index (κ3) is 109. The molecule has 0 aromatic carbocycles. The fourth-order valence-electron chi connectivity index (χ4n) is 0. The van der Waals surface area contributed by atoms with Crippen LogP contribution < -0.4 is 20.4 Å². The molecule has 0 amide bonds. The van der Waals surface area contributed by atoms with Gasteiger partial charge in [0.05, 0.1) is 0 Å². The Hall–Kier alpha value is -0.743. The van der Waals surface area contributed by atoms with Crippen molar-refractivity contribution >= 4 is 23.9 Å². The molecule has 0 heterocycles. The van der Waals surface area contributed by atoms with E-state index < -0.39 is 23.9 Å². The first-order valence-corrected chi connectivity index (χ1v) is 5.88. The van der Waals surface area contributed by atoms with Crippen LogP contribution in [0.3, 0.4) is 0 Å². The summed E-state index contributed by atoms with van der Waals surface area (Å²) < 4.78 is 0.